The van der Waals surface area contributed by atoms with Crippen LogP contribution in [0.2, 0.25) is 0 Å². The topological polar surface area (TPSA) is 98.0 Å². The van der Waals surface area contributed by atoms with E-state index in [1.807, 2.05) is 0 Å². The summed E-state index contributed by atoms with van der Waals surface area (Å²) in [5.41, 5.74) is 0.491. The highest BCUT2D eigenvalue weighted by Gasteiger charge is 2.27. The predicted octanol–water partition coefficient (Wildman–Crippen LogP) is 3.78. The number of carbonyl (C=O) groups is 1. The summed E-state index contributed by atoms with van der Waals surface area (Å²) >= 11 is 1.19. The molecule has 2 rings (SSSR count). The lowest BCUT2D eigenvalue weighted by Crippen LogP contribution is -2.18. The van der Waals surface area contributed by atoms with Gasteiger partial charge in [0.05, 0.1) is 10.8 Å². The van der Waals surface area contributed by atoms with Gasteiger partial charge in [-0.05, 0) is 41.8 Å². The summed E-state index contributed by atoms with van der Waals surface area (Å²) in [5.74, 6) is -2.06. The molecule has 1 unspecified atom stereocenters. The maximum absolute atomic E-state index is 11.6. The van der Waals surface area contributed by atoms with Gasteiger partial charge in [-0.3, -0.25) is 4.79 Å². The summed E-state index contributed by atoms with van der Waals surface area (Å²) in [4.78, 5) is 12.7. The van der Waals surface area contributed by atoms with Crippen molar-refractivity contribution in [3.63, 3.8) is 0 Å². The summed E-state index contributed by atoms with van der Waals surface area (Å²) in [6.45, 7) is 3.60. The second-order valence-corrected chi connectivity index (χ2v) is 6.62. The number of aliphatic carboxylic acids is 1. The third-order valence-electron chi connectivity index (χ3n) is 3.42. The normalized spacial score (nSPS) is 12.3. The van der Waals surface area contributed by atoms with E-state index in [1.54, 1.807) is 26.0 Å². The zero-order valence-corrected chi connectivity index (χ0v) is 13.5. The molecule has 2 aromatic carbocycles. The van der Waals surface area contributed by atoms with Crippen LogP contribution in [0.4, 0.5) is 0 Å². The Morgan fingerprint density at radius 1 is 0.957 bits per heavy atom. The summed E-state index contributed by atoms with van der Waals surface area (Å²) in [5, 5.41) is 38.5. The van der Waals surface area contributed by atoms with Crippen LogP contribution in [-0.2, 0) is 4.79 Å². The molecule has 0 saturated heterocycles. The number of rotatable bonds is 5. The van der Waals surface area contributed by atoms with Crippen LogP contribution < -0.4 is 0 Å². The van der Waals surface area contributed by atoms with Crippen LogP contribution in [0.5, 0.6) is 17.2 Å². The Kier molecular flexibility index (Phi) is 5.05. The molecule has 122 valence electrons. The highest BCUT2D eigenvalue weighted by atomic mass is 32.2. The zero-order valence-electron chi connectivity index (χ0n) is 12.7. The van der Waals surface area contributed by atoms with Crippen molar-refractivity contribution in [1.29, 1.82) is 0 Å². The van der Waals surface area contributed by atoms with Gasteiger partial charge in [-0.25, -0.2) is 0 Å². The molecule has 0 aliphatic carbocycles. The van der Waals surface area contributed by atoms with Crippen LogP contribution in [-0.4, -0.2) is 26.4 Å². The van der Waals surface area contributed by atoms with Gasteiger partial charge in [0.1, 0.15) is 17.2 Å². The van der Waals surface area contributed by atoms with E-state index in [0.29, 0.717) is 15.4 Å². The van der Waals surface area contributed by atoms with Gasteiger partial charge < -0.3 is 20.4 Å². The number of carboxylic acids is 1. The van der Waals surface area contributed by atoms with E-state index < -0.39 is 11.9 Å². The fraction of sp³-hybridized carbons (Fsp3) is 0.235. The van der Waals surface area contributed by atoms with Crippen LogP contribution in [0.3, 0.4) is 0 Å². The predicted molar refractivity (Wildman–Crippen MR) is 87.2 cm³/mol. The lowest BCUT2D eigenvalue weighted by atomic mass is 9.88. The number of benzene rings is 2. The molecule has 4 N–H and O–H groups in total. The van der Waals surface area contributed by atoms with Gasteiger partial charge in [0.25, 0.3) is 0 Å². The summed E-state index contributed by atoms with van der Waals surface area (Å²) in [6, 6.07) is 8.76. The zero-order chi connectivity index (χ0) is 17.1. The first-order chi connectivity index (χ1) is 10.8. The minimum absolute atomic E-state index is 0.00817. The van der Waals surface area contributed by atoms with E-state index >= 15 is 0 Å². The van der Waals surface area contributed by atoms with Gasteiger partial charge in [-0.15, -0.1) is 0 Å². The number of hydrogen-bond donors (Lipinski definition) is 4. The quantitative estimate of drug-likeness (QED) is 0.664. The Balaban J connectivity index is 2.48. The molecule has 0 fully saturated rings. The number of phenolic OH excluding ortho intramolecular Hbond substituents is 3. The van der Waals surface area contributed by atoms with Crippen molar-refractivity contribution in [2.75, 3.05) is 0 Å². The minimum atomic E-state index is -0.970. The van der Waals surface area contributed by atoms with Crippen molar-refractivity contribution in [1.82, 2.24) is 0 Å². The maximum atomic E-state index is 11.6. The van der Waals surface area contributed by atoms with E-state index in [9.17, 15) is 25.2 Å². The van der Waals surface area contributed by atoms with Gasteiger partial charge in [0, 0.05) is 11.0 Å². The van der Waals surface area contributed by atoms with E-state index in [1.165, 1.54) is 36.0 Å². The first-order valence-corrected chi connectivity index (χ1v) is 7.86. The SMILES string of the molecule is CC(C)C(C(=O)O)c1cc(O)ccc1Sc1ccc(O)cc1O. The monoisotopic (exact) mass is 334 g/mol. The van der Waals surface area contributed by atoms with Crippen LogP contribution in [0.1, 0.15) is 25.3 Å². The standard InChI is InChI=1S/C17H18O5S/c1-9(2)16(17(21)22)12-7-10(18)3-5-14(12)23-15-6-4-11(19)8-13(15)20/h3-9,16,18-20H,1-2H3,(H,21,22). The average molecular weight is 334 g/mol. The molecule has 0 aromatic heterocycles. The first-order valence-electron chi connectivity index (χ1n) is 7.05. The summed E-state index contributed by atoms with van der Waals surface area (Å²) in [7, 11) is 0. The Bertz CT molecular complexity index is 727. The molecule has 1 atom stereocenters. The first kappa shape index (κ1) is 17.0. The molecule has 2 aromatic rings. The number of hydrogen-bond acceptors (Lipinski definition) is 5. The van der Waals surface area contributed by atoms with Crippen molar-refractivity contribution < 1.29 is 25.2 Å². The molecule has 0 heterocycles. The molecule has 0 amide bonds. The van der Waals surface area contributed by atoms with Gasteiger partial charge in [-0.1, -0.05) is 25.6 Å². The minimum Gasteiger partial charge on any atom is -0.508 e. The van der Waals surface area contributed by atoms with E-state index in [0.717, 1.165) is 0 Å². The Morgan fingerprint density at radius 3 is 2.04 bits per heavy atom. The third-order valence-corrected chi connectivity index (χ3v) is 4.58. The molecule has 5 nitrogen and oxygen atoms in total. The molecular formula is C17H18O5S. The van der Waals surface area contributed by atoms with Crippen LogP contribution in [0.15, 0.2) is 46.2 Å². The Morgan fingerprint density at radius 2 is 1.52 bits per heavy atom. The Hall–Kier alpha value is -2.34. The van der Waals surface area contributed by atoms with Crippen LogP contribution >= 0.6 is 11.8 Å². The van der Waals surface area contributed by atoms with E-state index in [4.69, 9.17) is 0 Å². The van der Waals surface area contributed by atoms with Crippen LogP contribution in [0, 0.1) is 5.92 Å². The lowest BCUT2D eigenvalue weighted by Gasteiger charge is -2.20. The number of aromatic hydroxyl groups is 3. The molecule has 0 aliphatic heterocycles. The van der Waals surface area contributed by atoms with Gasteiger partial charge >= 0.3 is 5.97 Å². The molecule has 0 saturated carbocycles. The summed E-state index contributed by atoms with van der Waals surface area (Å²) in [6.07, 6.45) is 0. The van der Waals surface area contributed by atoms with Gasteiger partial charge in [0.15, 0.2) is 0 Å². The van der Waals surface area contributed by atoms with E-state index in [2.05, 4.69) is 0 Å². The van der Waals surface area contributed by atoms with Crippen molar-refractivity contribution in [2.45, 2.75) is 29.6 Å². The molecule has 0 radical (unpaired) electrons. The second kappa shape index (κ2) is 6.83. The molecule has 0 spiro atoms. The third kappa shape index (κ3) is 3.90. The summed E-state index contributed by atoms with van der Waals surface area (Å²) < 4.78 is 0. The second-order valence-electron chi connectivity index (χ2n) is 5.54. The van der Waals surface area contributed by atoms with Crippen molar-refractivity contribution in [2.24, 2.45) is 5.92 Å². The number of phenols is 3. The highest BCUT2D eigenvalue weighted by molar-refractivity contribution is 7.99. The number of carboxylic acid groups (broad SMARTS) is 1. The van der Waals surface area contributed by atoms with Gasteiger partial charge in [0.2, 0.25) is 0 Å². The highest BCUT2D eigenvalue weighted by Crippen LogP contribution is 2.42. The fourth-order valence-corrected chi connectivity index (χ4v) is 3.34. The molecule has 23 heavy (non-hydrogen) atoms. The molecule has 0 bridgehead atoms. The van der Waals surface area contributed by atoms with Crippen molar-refractivity contribution in [3.05, 3.63) is 42.0 Å². The average Bonchev–Trinajstić information content (AvgIpc) is 2.43. The molecule has 0 aliphatic rings. The lowest BCUT2D eigenvalue weighted by molar-refractivity contribution is -0.139. The van der Waals surface area contributed by atoms with Crippen molar-refractivity contribution in [3.8, 4) is 17.2 Å². The smallest absolute Gasteiger partial charge is 0.311 e. The Labute approximate surface area is 138 Å². The molecular weight excluding hydrogens is 316 g/mol. The van der Waals surface area contributed by atoms with E-state index in [-0.39, 0.29) is 23.2 Å². The fourth-order valence-electron chi connectivity index (χ4n) is 2.36. The van der Waals surface area contributed by atoms with Crippen LogP contribution in [0.25, 0.3) is 0 Å². The van der Waals surface area contributed by atoms with Gasteiger partial charge in [-0.2, -0.15) is 0 Å². The van der Waals surface area contributed by atoms with Crippen molar-refractivity contribution >= 4 is 17.7 Å². The molecule has 6 heteroatoms. The largest absolute Gasteiger partial charge is 0.508 e. The maximum Gasteiger partial charge on any atom is 0.311 e.